The van der Waals surface area contributed by atoms with Gasteiger partial charge in [0.05, 0.1) is 30.8 Å². The molecule has 1 aromatic heterocycles. The molecular weight excluding hydrogens is 286 g/mol. The number of aliphatic hydroxyl groups is 1. The minimum absolute atomic E-state index is 0.0289. The number of aliphatic hydroxyl groups excluding tert-OH is 1. The van der Waals surface area contributed by atoms with Crippen molar-refractivity contribution in [3.8, 4) is 0 Å². The SMILES string of the molecule is O=[N+]([O-])c1cc(Cl)ccc1NCc1cn(CCO)nn1. The topological polar surface area (TPSA) is 106 Å². The van der Waals surface area contributed by atoms with E-state index in [0.29, 0.717) is 22.9 Å². The van der Waals surface area contributed by atoms with Crippen molar-refractivity contribution in [1.29, 1.82) is 0 Å². The number of anilines is 1. The highest BCUT2D eigenvalue weighted by molar-refractivity contribution is 6.30. The molecule has 8 nitrogen and oxygen atoms in total. The lowest BCUT2D eigenvalue weighted by Crippen LogP contribution is -2.03. The third-order valence-corrected chi connectivity index (χ3v) is 2.77. The van der Waals surface area contributed by atoms with Gasteiger partial charge in [-0.15, -0.1) is 5.10 Å². The third kappa shape index (κ3) is 3.43. The van der Waals surface area contributed by atoms with Gasteiger partial charge in [0, 0.05) is 11.1 Å². The van der Waals surface area contributed by atoms with Crippen molar-refractivity contribution in [2.24, 2.45) is 0 Å². The molecule has 0 aliphatic carbocycles. The number of benzene rings is 1. The van der Waals surface area contributed by atoms with Crippen molar-refractivity contribution in [3.63, 3.8) is 0 Å². The summed E-state index contributed by atoms with van der Waals surface area (Å²) >= 11 is 5.73. The van der Waals surface area contributed by atoms with E-state index in [4.69, 9.17) is 16.7 Å². The van der Waals surface area contributed by atoms with Gasteiger partial charge in [-0.2, -0.15) is 0 Å². The molecule has 2 aromatic rings. The highest BCUT2D eigenvalue weighted by Gasteiger charge is 2.14. The van der Waals surface area contributed by atoms with E-state index in [1.165, 1.54) is 10.7 Å². The average molecular weight is 298 g/mol. The summed E-state index contributed by atoms with van der Waals surface area (Å²) in [5, 5.41) is 30.6. The molecule has 0 amide bonds. The van der Waals surface area contributed by atoms with Gasteiger partial charge < -0.3 is 10.4 Å². The number of nitrogens with zero attached hydrogens (tertiary/aromatic N) is 4. The van der Waals surface area contributed by atoms with Gasteiger partial charge >= 0.3 is 0 Å². The first-order valence-electron chi connectivity index (χ1n) is 5.78. The zero-order chi connectivity index (χ0) is 14.5. The molecule has 1 heterocycles. The smallest absolute Gasteiger partial charge is 0.293 e. The number of nitro benzene ring substituents is 1. The summed E-state index contributed by atoms with van der Waals surface area (Å²) in [5.74, 6) is 0. The van der Waals surface area contributed by atoms with E-state index < -0.39 is 4.92 Å². The van der Waals surface area contributed by atoms with Gasteiger partial charge in [0.15, 0.2) is 0 Å². The Balaban J connectivity index is 2.08. The van der Waals surface area contributed by atoms with Crippen molar-refractivity contribution >= 4 is 23.0 Å². The molecule has 0 aliphatic rings. The first kappa shape index (κ1) is 14.2. The Hall–Kier alpha value is -2.19. The Morgan fingerprint density at radius 2 is 2.30 bits per heavy atom. The predicted molar refractivity (Wildman–Crippen MR) is 72.5 cm³/mol. The second-order valence-electron chi connectivity index (χ2n) is 3.97. The number of halogens is 1. The lowest BCUT2D eigenvalue weighted by atomic mass is 10.2. The van der Waals surface area contributed by atoms with E-state index in [2.05, 4.69) is 15.6 Å². The minimum atomic E-state index is -0.503. The monoisotopic (exact) mass is 297 g/mol. The molecule has 20 heavy (non-hydrogen) atoms. The molecule has 0 unspecified atom stereocenters. The van der Waals surface area contributed by atoms with Crippen molar-refractivity contribution in [1.82, 2.24) is 15.0 Å². The summed E-state index contributed by atoms with van der Waals surface area (Å²) in [7, 11) is 0. The second-order valence-corrected chi connectivity index (χ2v) is 4.41. The summed E-state index contributed by atoms with van der Waals surface area (Å²) in [5.41, 5.74) is 0.874. The van der Waals surface area contributed by atoms with Crippen LogP contribution in [-0.2, 0) is 13.1 Å². The Bertz CT molecular complexity index is 616. The summed E-state index contributed by atoms with van der Waals surface area (Å²) < 4.78 is 1.49. The average Bonchev–Trinajstić information content (AvgIpc) is 2.85. The van der Waals surface area contributed by atoms with Crippen LogP contribution in [0.3, 0.4) is 0 Å². The molecule has 0 fully saturated rings. The lowest BCUT2D eigenvalue weighted by molar-refractivity contribution is -0.383. The van der Waals surface area contributed by atoms with Crippen molar-refractivity contribution in [3.05, 3.63) is 45.2 Å². The fraction of sp³-hybridized carbons (Fsp3) is 0.273. The number of aromatic nitrogens is 3. The first-order valence-corrected chi connectivity index (χ1v) is 6.15. The highest BCUT2D eigenvalue weighted by Crippen LogP contribution is 2.27. The molecule has 0 atom stereocenters. The van der Waals surface area contributed by atoms with Crippen LogP contribution in [0.2, 0.25) is 5.02 Å². The van der Waals surface area contributed by atoms with Crippen LogP contribution in [-0.4, -0.2) is 31.6 Å². The third-order valence-electron chi connectivity index (χ3n) is 2.53. The Kier molecular flexibility index (Phi) is 4.49. The van der Waals surface area contributed by atoms with Crippen LogP contribution in [0.15, 0.2) is 24.4 Å². The molecule has 0 spiro atoms. The summed E-state index contributed by atoms with van der Waals surface area (Å²) in [6.07, 6.45) is 1.66. The molecule has 0 radical (unpaired) electrons. The highest BCUT2D eigenvalue weighted by atomic mass is 35.5. The van der Waals surface area contributed by atoms with Crippen LogP contribution in [0.25, 0.3) is 0 Å². The van der Waals surface area contributed by atoms with E-state index in [-0.39, 0.29) is 18.8 Å². The van der Waals surface area contributed by atoms with Gasteiger partial charge in [-0.25, -0.2) is 4.68 Å². The molecule has 9 heteroatoms. The van der Waals surface area contributed by atoms with Gasteiger partial charge in [-0.3, -0.25) is 10.1 Å². The van der Waals surface area contributed by atoms with E-state index in [0.717, 1.165) is 0 Å². The Labute approximate surface area is 119 Å². The van der Waals surface area contributed by atoms with Gasteiger partial charge in [0.2, 0.25) is 0 Å². The first-order chi connectivity index (χ1) is 9.60. The molecule has 1 aromatic carbocycles. The Morgan fingerprint density at radius 1 is 1.50 bits per heavy atom. The standard InChI is InChI=1S/C11H12ClN5O3/c12-8-1-2-10(11(5-8)17(19)20)13-6-9-7-16(3-4-18)15-14-9/h1-2,5,7,13,18H,3-4,6H2. The van der Waals surface area contributed by atoms with Crippen LogP contribution in [0.1, 0.15) is 5.69 Å². The number of nitrogens with one attached hydrogen (secondary N) is 1. The molecule has 2 N–H and O–H groups in total. The molecule has 2 rings (SSSR count). The van der Waals surface area contributed by atoms with Gasteiger partial charge in [-0.05, 0) is 12.1 Å². The fourth-order valence-corrected chi connectivity index (χ4v) is 1.79. The van der Waals surface area contributed by atoms with E-state index in [9.17, 15) is 10.1 Å². The fourth-order valence-electron chi connectivity index (χ4n) is 1.62. The molecule has 106 valence electrons. The van der Waals surface area contributed by atoms with Gasteiger partial charge in [0.1, 0.15) is 11.4 Å². The van der Waals surface area contributed by atoms with E-state index >= 15 is 0 Å². The second kappa shape index (κ2) is 6.31. The normalized spacial score (nSPS) is 10.5. The van der Waals surface area contributed by atoms with Crippen molar-refractivity contribution < 1.29 is 10.0 Å². The zero-order valence-corrected chi connectivity index (χ0v) is 11.1. The van der Waals surface area contributed by atoms with E-state index in [1.54, 1.807) is 18.3 Å². The maximum atomic E-state index is 10.9. The van der Waals surface area contributed by atoms with Crippen molar-refractivity contribution in [2.75, 3.05) is 11.9 Å². The summed E-state index contributed by atoms with van der Waals surface area (Å²) in [4.78, 5) is 10.4. The maximum Gasteiger partial charge on any atom is 0.293 e. The van der Waals surface area contributed by atoms with Crippen LogP contribution < -0.4 is 5.32 Å². The molecule has 0 saturated carbocycles. The van der Waals surface area contributed by atoms with Crippen LogP contribution in [0.5, 0.6) is 0 Å². The van der Waals surface area contributed by atoms with Crippen LogP contribution in [0.4, 0.5) is 11.4 Å². The number of rotatable bonds is 6. The van der Waals surface area contributed by atoms with Gasteiger partial charge in [0.25, 0.3) is 5.69 Å². The number of nitro groups is 1. The van der Waals surface area contributed by atoms with Gasteiger partial charge in [-0.1, -0.05) is 16.8 Å². The van der Waals surface area contributed by atoms with Crippen LogP contribution >= 0.6 is 11.6 Å². The molecule has 0 bridgehead atoms. The van der Waals surface area contributed by atoms with Crippen molar-refractivity contribution in [2.45, 2.75) is 13.1 Å². The summed E-state index contributed by atoms with van der Waals surface area (Å²) in [6.45, 7) is 0.612. The quantitative estimate of drug-likeness (QED) is 0.617. The molecule has 0 saturated heterocycles. The zero-order valence-electron chi connectivity index (χ0n) is 10.4. The summed E-state index contributed by atoms with van der Waals surface area (Å²) in [6, 6.07) is 4.39. The molecule has 0 aliphatic heterocycles. The number of hydrogen-bond donors (Lipinski definition) is 2. The minimum Gasteiger partial charge on any atom is -0.394 e. The number of hydrogen-bond acceptors (Lipinski definition) is 6. The Morgan fingerprint density at radius 3 is 3.00 bits per heavy atom. The van der Waals surface area contributed by atoms with E-state index in [1.807, 2.05) is 0 Å². The van der Waals surface area contributed by atoms with Crippen LogP contribution in [0, 0.1) is 10.1 Å². The predicted octanol–water partition coefficient (Wildman–Crippen LogP) is 1.44. The lowest BCUT2D eigenvalue weighted by Gasteiger charge is -2.05. The molecular formula is C11H12ClN5O3. The maximum absolute atomic E-state index is 10.9. The largest absolute Gasteiger partial charge is 0.394 e.